The normalized spacial score (nSPS) is 25.5. The lowest BCUT2D eigenvalue weighted by Gasteiger charge is -2.25. The van der Waals surface area contributed by atoms with E-state index in [1.165, 1.54) is 29.1 Å². The van der Waals surface area contributed by atoms with E-state index >= 15 is 0 Å². The Bertz CT molecular complexity index is 612. The molecule has 0 bridgehead atoms. The van der Waals surface area contributed by atoms with Crippen molar-refractivity contribution in [1.82, 2.24) is 14.9 Å². The molecule has 2 fully saturated rings. The van der Waals surface area contributed by atoms with Crippen molar-refractivity contribution >= 4 is 17.3 Å². The van der Waals surface area contributed by atoms with Crippen LogP contribution < -0.4 is 4.90 Å². The number of nitrogens with zero attached hydrogens (tertiary/aromatic N) is 4. The Hall–Kier alpha value is -1.46. The van der Waals surface area contributed by atoms with Gasteiger partial charge in [0.25, 0.3) is 0 Å². The topological polar surface area (TPSA) is 32.3 Å². The molecule has 4 rings (SSSR count). The highest BCUT2D eigenvalue weighted by atomic mass is 32.1. The summed E-state index contributed by atoms with van der Waals surface area (Å²) < 4.78 is 0. The molecule has 4 nitrogen and oxygen atoms in total. The molecule has 0 unspecified atom stereocenters. The van der Waals surface area contributed by atoms with E-state index in [2.05, 4.69) is 38.8 Å². The van der Waals surface area contributed by atoms with Gasteiger partial charge in [0, 0.05) is 53.9 Å². The average molecular weight is 300 g/mol. The van der Waals surface area contributed by atoms with Gasteiger partial charge in [0.15, 0.2) is 0 Å². The van der Waals surface area contributed by atoms with Crippen LogP contribution in [0, 0.1) is 6.92 Å². The number of thiophene rings is 1. The third kappa shape index (κ3) is 2.45. The van der Waals surface area contributed by atoms with E-state index in [0.29, 0.717) is 12.1 Å². The number of rotatable bonds is 3. The highest BCUT2D eigenvalue weighted by molar-refractivity contribution is 7.11. The summed E-state index contributed by atoms with van der Waals surface area (Å²) in [5.74, 6) is 0.902. The fourth-order valence-corrected chi connectivity index (χ4v) is 4.65. The molecule has 4 heterocycles. The largest absolute Gasteiger partial charge is 0.336 e. The van der Waals surface area contributed by atoms with Crippen LogP contribution in [-0.4, -0.2) is 40.0 Å². The lowest BCUT2D eigenvalue weighted by atomic mass is 10.1. The second-order valence-corrected chi connectivity index (χ2v) is 7.31. The molecule has 21 heavy (non-hydrogen) atoms. The van der Waals surface area contributed by atoms with Crippen molar-refractivity contribution in [3.63, 3.8) is 0 Å². The Balaban J connectivity index is 1.48. The highest BCUT2D eigenvalue weighted by Crippen LogP contribution is 2.34. The van der Waals surface area contributed by atoms with Crippen molar-refractivity contribution in [1.29, 1.82) is 0 Å². The zero-order valence-electron chi connectivity index (χ0n) is 12.3. The van der Waals surface area contributed by atoms with Crippen LogP contribution in [0.2, 0.25) is 0 Å². The summed E-state index contributed by atoms with van der Waals surface area (Å²) in [6.07, 6.45) is 6.15. The summed E-state index contributed by atoms with van der Waals surface area (Å²) in [6.45, 7) is 5.56. The van der Waals surface area contributed by atoms with Gasteiger partial charge in [-0.15, -0.1) is 11.3 Å². The standard InChI is InChI=1S/C16H20N4S/c1-12-3-4-13(21-12)11-19-9-5-15-14(19)6-10-20(15)16-17-7-2-8-18-16/h2-4,7-8,14-15H,5-6,9-11H2,1H3/t14-,15+/m0/s1. The molecule has 2 aliphatic rings. The molecule has 0 radical (unpaired) electrons. The van der Waals surface area contributed by atoms with Gasteiger partial charge in [-0.25, -0.2) is 9.97 Å². The van der Waals surface area contributed by atoms with Crippen LogP contribution in [0.5, 0.6) is 0 Å². The van der Waals surface area contributed by atoms with Crippen LogP contribution in [0.1, 0.15) is 22.6 Å². The lowest BCUT2D eigenvalue weighted by Crippen LogP contribution is -2.36. The van der Waals surface area contributed by atoms with Crippen LogP contribution in [0.3, 0.4) is 0 Å². The summed E-state index contributed by atoms with van der Waals surface area (Å²) in [5, 5.41) is 0. The molecule has 0 N–H and O–H groups in total. The molecule has 2 aromatic rings. The number of fused-ring (bicyclic) bond motifs is 1. The molecule has 5 heteroatoms. The lowest BCUT2D eigenvalue weighted by molar-refractivity contribution is 0.248. The summed E-state index contributed by atoms with van der Waals surface area (Å²) in [4.78, 5) is 16.8. The van der Waals surface area contributed by atoms with Gasteiger partial charge < -0.3 is 4.90 Å². The molecule has 2 saturated heterocycles. The van der Waals surface area contributed by atoms with Crippen molar-refractivity contribution in [2.75, 3.05) is 18.0 Å². The predicted octanol–water partition coefficient (Wildman–Crippen LogP) is 2.70. The number of anilines is 1. The fourth-order valence-electron chi connectivity index (χ4n) is 3.73. The summed E-state index contributed by atoms with van der Waals surface area (Å²) in [5.41, 5.74) is 0. The maximum absolute atomic E-state index is 4.43. The molecule has 2 aliphatic heterocycles. The predicted molar refractivity (Wildman–Crippen MR) is 85.7 cm³/mol. The van der Waals surface area contributed by atoms with E-state index < -0.39 is 0 Å². The van der Waals surface area contributed by atoms with Crippen molar-refractivity contribution in [2.45, 2.75) is 38.4 Å². The van der Waals surface area contributed by atoms with Crippen LogP contribution in [0.4, 0.5) is 5.95 Å². The Morgan fingerprint density at radius 1 is 1.14 bits per heavy atom. The van der Waals surface area contributed by atoms with Crippen LogP contribution >= 0.6 is 11.3 Å². The molecule has 2 aromatic heterocycles. The average Bonchev–Trinajstić information content (AvgIpc) is 3.18. The Morgan fingerprint density at radius 3 is 2.71 bits per heavy atom. The summed E-state index contributed by atoms with van der Waals surface area (Å²) in [6, 6.07) is 7.65. The number of hydrogen-bond donors (Lipinski definition) is 0. The first-order valence-electron chi connectivity index (χ1n) is 7.64. The first-order valence-corrected chi connectivity index (χ1v) is 8.46. The van der Waals surface area contributed by atoms with Gasteiger partial charge in [0.1, 0.15) is 0 Å². The highest BCUT2D eigenvalue weighted by Gasteiger charge is 2.43. The molecule has 110 valence electrons. The van der Waals surface area contributed by atoms with Crippen molar-refractivity contribution in [3.8, 4) is 0 Å². The summed E-state index contributed by atoms with van der Waals surface area (Å²) >= 11 is 1.93. The third-order valence-corrected chi connectivity index (χ3v) is 5.64. The fraction of sp³-hybridized carbons (Fsp3) is 0.500. The van der Waals surface area contributed by atoms with E-state index in [4.69, 9.17) is 0 Å². The number of hydrogen-bond acceptors (Lipinski definition) is 5. The smallest absolute Gasteiger partial charge is 0.225 e. The molecule has 0 spiro atoms. The van der Waals surface area contributed by atoms with Gasteiger partial charge in [-0.1, -0.05) is 0 Å². The molecular weight excluding hydrogens is 280 g/mol. The van der Waals surface area contributed by atoms with Gasteiger partial charge >= 0.3 is 0 Å². The van der Waals surface area contributed by atoms with Gasteiger partial charge in [0.2, 0.25) is 5.95 Å². The zero-order chi connectivity index (χ0) is 14.2. The van der Waals surface area contributed by atoms with E-state index in [0.717, 1.165) is 19.0 Å². The maximum Gasteiger partial charge on any atom is 0.225 e. The maximum atomic E-state index is 4.43. The Labute approximate surface area is 129 Å². The molecule has 0 amide bonds. The molecule has 0 aliphatic carbocycles. The van der Waals surface area contributed by atoms with Crippen molar-refractivity contribution in [2.24, 2.45) is 0 Å². The monoisotopic (exact) mass is 300 g/mol. The van der Waals surface area contributed by atoms with E-state index in [1.54, 1.807) is 0 Å². The number of aromatic nitrogens is 2. The third-order valence-electron chi connectivity index (χ3n) is 4.66. The van der Waals surface area contributed by atoms with Gasteiger partial charge in [-0.3, -0.25) is 4.90 Å². The number of likely N-dealkylation sites (tertiary alicyclic amines) is 1. The first kappa shape index (κ1) is 13.2. The van der Waals surface area contributed by atoms with E-state index in [9.17, 15) is 0 Å². The second kappa shape index (κ2) is 5.39. The van der Waals surface area contributed by atoms with Gasteiger partial charge in [0.05, 0.1) is 0 Å². The van der Waals surface area contributed by atoms with Crippen LogP contribution in [0.15, 0.2) is 30.6 Å². The quantitative estimate of drug-likeness (QED) is 0.872. The SMILES string of the molecule is Cc1ccc(CN2CC[C@@H]3[C@@H]2CCN3c2ncccn2)s1. The van der Waals surface area contributed by atoms with Crippen molar-refractivity contribution in [3.05, 3.63) is 40.3 Å². The van der Waals surface area contributed by atoms with Crippen molar-refractivity contribution < 1.29 is 0 Å². The second-order valence-electron chi connectivity index (χ2n) is 5.94. The molecule has 2 atom stereocenters. The van der Waals surface area contributed by atoms with E-state index in [1.807, 2.05) is 29.8 Å². The Kier molecular flexibility index (Phi) is 3.39. The zero-order valence-corrected chi connectivity index (χ0v) is 13.1. The number of aryl methyl sites for hydroxylation is 1. The molecule has 0 aromatic carbocycles. The van der Waals surface area contributed by atoms with Gasteiger partial charge in [-0.05, 0) is 38.0 Å². The summed E-state index contributed by atoms with van der Waals surface area (Å²) in [7, 11) is 0. The molecule has 0 saturated carbocycles. The Morgan fingerprint density at radius 2 is 1.95 bits per heavy atom. The minimum Gasteiger partial charge on any atom is -0.336 e. The first-order chi connectivity index (χ1) is 10.3. The van der Waals surface area contributed by atoms with Crippen LogP contribution in [-0.2, 0) is 6.54 Å². The molecular formula is C16H20N4S. The minimum atomic E-state index is 0.591. The van der Waals surface area contributed by atoms with Gasteiger partial charge in [-0.2, -0.15) is 0 Å². The minimum absolute atomic E-state index is 0.591. The van der Waals surface area contributed by atoms with Crippen LogP contribution in [0.25, 0.3) is 0 Å². The van der Waals surface area contributed by atoms with E-state index in [-0.39, 0.29) is 0 Å².